The molecule has 4 nitrogen and oxygen atoms in total. The normalized spacial score (nSPS) is 11.5. The summed E-state index contributed by atoms with van der Waals surface area (Å²) in [5, 5.41) is 11.5. The Labute approximate surface area is 88.7 Å². The van der Waals surface area contributed by atoms with Crippen LogP contribution in [0.3, 0.4) is 0 Å². The zero-order valence-corrected chi connectivity index (χ0v) is 8.53. The van der Waals surface area contributed by atoms with Crippen molar-refractivity contribution in [3.63, 3.8) is 0 Å². The molecule has 0 bridgehead atoms. The predicted octanol–water partition coefficient (Wildman–Crippen LogP) is 0.522. The van der Waals surface area contributed by atoms with Gasteiger partial charge in [-0.1, -0.05) is 18.2 Å². The fraction of sp³-hybridized carbons (Fsp3) is 0.273. The average Bonchev–Trinajstić information content (AvgIpc) is 2.26. The van der Waals surface area contributed by atoms with Gasteiger partial charge in [0.25, 0.3) is 0 Å². The van der Waals surface area contributed by atoms with Crippen LogP contribution in [0.15, 0.2) is 24.3 Å². The second-order valence-electron chi connectivity index (χ2n) is 3.28. The molecule has 1 rings (SSSR count). The summed E-state index contributed by atoms with van der Waals surface area (Å²) in [7, 11) is 0. The monoisotopic (exact) mass is 203 g/mol. The van der Waals surface area contributed by atoms with Crippen molar-refractivity contribution in [1.29, 1.82) is 5.26 Å². The van der Waals surface area contributed by atoms with Gasteiger partial charge < -0.3 is 11.1 Å². The first-order valence-corrected chi connectivity index (χ1v) is 4.66. The third kappa shape index (κ3) is 3.08. The van der Waals surface area contributed by atoms with Crippen molar-refractivity contribution in [1.82, 2.24) is 5.32 Å². The van der Waals surface area contributed by atoms with E-state index in [4.69, 9.17) is 11.0 Å². The van der Waals surface area contributed by atoms with Crippen molar-refractivity contribution >= 4 is 5.91 Å². The average molecular weight is 203 g/mol. The lowest BCUT2D eigenvalue weighted by Gasteiger charge is -2.08. The summed E-state index contributed by atoms with van der Waals surface area (Å²) in [6.07, 6.45) is 0. The summed E-state index contributed by atoms with van der Waals surface area (Å²) in [6.45, 7) is 1.95. The van der Waals surface area contributed by atoms with Crippen LogP contribution in [0.25, 0.3) is 0 Å². The van der Waals surface area contributed by atoms with Crippen molar-refractivity contribution in [2.45, 2.75) is 19.5 Å². The zero-order chi connectivity index (χ0) is 11.3. The molecule has 1 aromatic carbocycles. The smallest absolute Gasteiger partial charge is 0.236 e. The minimum Gasteiger partial charge on any atom is -0.351 e. The number of benzene rings is 1. The van der Waals surface area contributed by atoms with Gasteiger partial charge in [-0.3, -0.25) is 4.79 Å². The van der Waals surface area contributed by atoms with Crippen molar-refractivity contribution in [3.05, 3.63) is 35.4 Å². The molecular formula is C11H13N3O. The van der Waals surface area contributed by atoms with Crippen LogP contribution >= 0.6 is 0 Å². The molecule has 1 aromatic rings. The third-order valence-corrected chi connectivity index (χ3v) is 2.00. The van der Waals surface area contributed by atoms with E-state index in [9.17, 15) is 4.79 Å². The number of amides is 1. The number of carbonyl (C=O) groups excluding carboxylic acids is 1. The number of nitrogens with two attached hydrogens (primary N) is 1. The summed E-state index contributed by atoms with van der Waals surface area (Å²) in [5.41, 5.74) is 6.77. The van der Waals surface area contributed by atoms with Crippen molar-refractivity contribution in [2.24, 2.45) is 5.73 Å². The first kappa shape index (κ1) is 11.2. The lowest BCUT2D eigenvalue weighted by molar-refractivity contribution is -0.122. The van der Waals surface area contributed by atoms with Gasteiger partial charge in [0.05, 0.1) is 17.7 Å². The molecule has 0 fully saturated rings. The van der Waals surface area contributed by atoms with Crippen LogP contribution in [0.1, 0.15) is 18.1 Å². The van der Waals surface area contributed by atoms with Gasteiger partial charge in [-0.15, -0.1) is 0 Å². The van der Waals surface area contributed by atoms with Crippen molar-refractivity contribution < 1.29 is 4.79 Å². The Morgan fingerprint density at radius 1 is 1.60 bits per heavy atom. The number of nitriles is 1. The Kier molecular flexibility index (Phi) is 3.83. The van der Waals surface area contributed by atoms with E-state index in [0.717, 1.165) is 5.56 Å². The highest BCUT2D eigenvalue weighted by Crippen LogP contribution is 2.06. The lowest BCUT2D eigenvalue weighted by atomic mass is 10.1. The Hall–Kier alpha value is -1.86. The molecule has 0 spiro atoms. The number of hydrogen-bond acceptors (Lipinski definition) is 3. The molecule has 0 aliphatic heterocycles. The lowest BCUT2D eigenvalue weighted by Crippen LogP contribution is -2.37. The Bertz CT molecular complexity index is 393. The molecule has 1 atom stereocenters. The summed E-state index contributed by atoms with van der Waals surface area (Å²) < 4.78 is 0. The van der Waals surface area contributed by atoms with E-state index >= 15 is 0 Å². The Morgan fingerprint density at radius 2 is 2.27 bits per heavy atom. The second kappa shape index (κ2) is 5.13. The van der Waals surface area contributed by atoms with E-state index in [1.165, 1.54) is 0 Å². The van der Waals surface area contributed by atoms with Crippen LogP contribution in [0, 0.1) is 11.3 Å². The first-order chi connectivity index (χ1) is 7.15. The molecule has 1 amide bonds. The molecule has 0 aliphatic rings. The molecule has 4 heteroatoms. The van der Waals surface area contributed by atoms with E-state index in [-0.39, 0.29) is 5.91 Å². The van der Waals surface area contributed by atoms with Gasteiger partial charge in [0, 0.05) is 6.54 Å². The number of hydrogen-bond donors (Lipinski definition) is 2. The van der Waals surface area contributed by atoms with Crippen molar-refractivity contribution in [3.8, 4) is 6.07 Å². The maximum Gasteiger partial charge on any atom is 0.236 e. The number of rotatable bonds is 3. The summed E-state index contributed by atoms with van der Waals surface area (Å²) in [5.74, 6) is -0.220. The topological polar surface area (TPSA) is 78.9 Å². The predicted molar refractivity (Wildman–Crippen MR) is 56.7 cm³/mol. The SMILES string of the molecule is C[C@H](N)C(=O)NCc1ccccc1C#N. The van der Waals surface area contributed by atoms with E-state index in [1.807, 2.05) is 6.07 Å². The molecule has 0 saturated carbocycles. The molecule has 3 N–H and O–H groups in total. The van der Waals surface area contributed by atoms with Crippen LogP contribution in [0.4, 0.5) is 0 Å². The van der Waals surface area contributed by atoms with Gasteiger partial charge in [-0.05, 0) is 18.6 Å². The van der Waals surface area contributed by atoms with Crippen LogP contribution in [0.5, 0.6) is 0 Å². The first-order valence-electron chi connectivity index (χ1n) is 4.66. The molecule has 0 aromatic heterocycles. The van der Waals surface area contributed by atoms with Gasteiger partial charge in [0.15, 0.2) is 0 Å². The molecule has 0 radical (unpaired) electrons. The highest BCUT2D eigenvalue weighted by Gasteiger charge is 2.07. The van der Waals surface area contributed by atoms with Gasteiger partial charge in [-0.25, -0.2) is 0 Å². The number of nitrogens with one attached hydrogen (secondary N) is 1. The van der Waals surface area contributed by atoms with E-state index in [1.54, 1.807) is 25.1 Å². The fourth-order valence-electron chi connectivity index (χ4n) is 1.13. The Balaban J connectivity index is 2.66. The molecular weight excluding hydrogens is 190 g/mol. The van der Waals surface area contributed by atoms with Crippen LogP contribution in [0.2, 0.25) is 0 Å². The van der Waals surface area contributed by atoms with E-state index in [2.05, 4.69) is 11.4 Å². The van der Waals surface area contributed by atoms with E-state index in [0.29, 0.717) is 12.1 Å². The highest BCUT2D eigenvalue weighted by atomic mass is 16.2. The molecule has 15 heavy (non-hydrogen) atoms. The minimum absolute atomic E-state index is 0.220. The molecule has 0 saturated heterocycles. The fourth-order valence-corrected chi connectivity index (χ4v) is 1.13. The van der Waals surface area contributed by atoms with E-state index < -0.39 is 6.04 Å². The van der Waals surface area contributed by atoms with Gasteiger partial charge in [0.1, 0.15) is 0 Å². The number of carbonyl (C=O) groups is 1. The number of nitrogens with zero attached hydrogens (tertiary/aromatic N) is 1. The molecule has 78 valence electrons. The van der Waals surface area contributed by atoms with Gasteiger partial charge in [0.2, 0.25) is 5.91 Å². The highest BCUT2D eigenvalue weighted by molar-refractivity contribution is 5.80. The maximum atomic E-state index is 11.2. The van der Waals surface area contributed by atoms with Crippen LogP contribution < -0.4 is 11.1 Å². The van der Waals surface area contributed by atoms with Crippen LogP contribution in [-0.4, -0.2) is 11.9 Å². The third-order valence-electron chi connectivity index (χ3n) is 2.00. The molecule has 0 heterocycles. The standard InChI is InChI=1S/C11H13N3O/c1-8(13)11(15)14-7-10-5-3-2-4-9(10)6-12/h2-5,8H,7,13H2,1H3,(H,14,15)/t8-/m0/s1. The summed E-state index contributed by atoms with van der Waals surface area (Å²) >= 11 is 0. The van der Waals surface area contributed by atoms with Crippen molar-refractivity contribution in [2.75, 3.05) is 0 Å². The van der Waals surface area contributed by atoms with Gasteiger partial charge in [-0.2, -0.15) is 5.26 Å². The quantitative estimate of drug-likeness (QED) is 0.751. The molecule has 0 unspecified atom stereocenters. The second-order valence-corrected chi connectivity index (χ2v) is 3.28. The Morgan fingerprint density at radius 3 is 2.87 bits per heavy atom. The largest absolute Gasteiger partial charge is 0.351 e. The maximum absolute atomic E-state index is 11.2. The summed E-state index contributed by atoms with van der Waals surface area (Å²) in [6, 6.07) is 8.67. The summed E-state index contributed by atoms with van der Waals surface area (Å²) in [4.78, 5) is 11.2. The minimum atomic E-state index is -0.528. The van der Waals surface area contributed by atoms with Crippen LogP contribution in [-0.2, 0) is 11.3 Å². The van der Waals surface area contributed by atoms with Gasteiger partial charge >= 0.3 is 0 Å². The zero-order valence-electron chi connectivity index (χ0n) is 8.53. The molecule has 0 aliphatic carbocycles.